The van der Waals surface area contributed by atoms with Crippen LogP contribution in [0, 0.1) is 0 Å². The topological polar surface area (TPSA) is 65.7 Å². The van der Waals surface area contributed by atoms with Gasteiger partial charge < -0.3 is 21.3 Å². The molecule has 0 saturated heterocycles. The Kier molecular flexibility index (Phi) is 11.4. The maximum Gasteiger partial charge on any atom is 0.0900 e. The zero-order valence-electron chi connectivity index (χ0n) is 24.3. The minimum Gasteiger partial charge on any atom is -0.397 e. The van der Waals surface area contributed by atoms with E-state index in [-0.39, 0.29) is 11.6 Å². The van der Waals surface area contributed by atoms with Gasteiger partial charge in [-0.25, -0.2) is 0 Å². The number of anilines is 3. The Morgan fingerprint density at radius 3 is 2.24 bits per heavy atom. The van der Waals surface area contributed by atoms with Gasteiger partial charge >= 0.3 is 0 Å². The van der Waals surface area contributed by atoms with Crippen molar-refractivity contribution in [3.63, 3.8) is 0 Å². The van der Waals surface area contributed by atoms with E-state index in [0.717, 1.165) is 24.5 Å². The highest BCUT2D eigenvalue weighted by molar-refractivity contribution is 6.10. The van der Waals surface area contributed by atoms with E-state index < -0.39 is 0 Å². The van der Waals surface area contributed by atoms with Crippen LogP contribution >= 0.6 is 0 Å². The first kappa shape index (κ1) is 29.1. The van der Waals surface area contributed by atoms with Gasteiger partial charge in [0.25, 0.3) is 0 Å². The van der Waals surface area contributed by atoms with Gasteiger partial charge in [-0.05, 0) is 64.0 Å². The molecule has 0 amide bonds. The van der Waals surface area contributed by atoms with Crippen LogP contribution < -0.4 is 21.3 Å². The van der Waals surface area contributed by atoms with Crippen molar-refractivity contribution in [1.29, 1.82) is 0 Å². The van der Waals surface area contributed by atoms with E-state index in [1.165, 1.54) is 99.8 Å². The highest BCUT2D eigenvalue weighted by atomic mass is 15.2. The smallest absolute Gasteiger partial charge is 0.0900 e. The van der Waals surface area contributed by atoms with Crippen LogP contribution in [0.4, 0.5) is 17.1 Å². The van der Waals surface area contributed by atoms with Crippen molar-refractivity contribution in [2.75, 3.05) is 28.6 Å². The summed E-state index contributed by atoms with van der Waals surface area (Å²) in [6.45, 7) is 13.0. The molecule has 0 saturated carbocycles. The van der Waals surface area contributed by atoms with Crippen molar-refractivity contribution in [3.05, 3.63) is 41.7 Å². The van der Waals surface area contributed by atoms with Crippen LogP contribution in [0.25, 0.3) is 0 Å². The first-order valence-electron chi connectivity index (χ1n) is 15.0. The van der Waals surface area contributed by atoms with Crippen molar-refractivity contribution in [1.82, 2.24) is 0 Å². The Bertz CT molecular complexity index is 937. The molecule has 3 rings (SSSR count). The largest absolute Gasteiger partial charge is 0.397 e. The molecule has 37 heavy (non-hydrogen) atoms. The summed E-state index contributed by atoms with van der Waals surface area (Å²) in [6, 6.07) is 6.89. The Balaban J connectivity index is 1.75. The third kappa shape index (κ3) is 9.12. The minimum absolute atomic E-state index is 0.121. The summed E-state index contributed by atoms with van der Waals surface area (Å²) in [6.07, 6.45) is 20.0. The van der Waals surface area contributed by atoms with Gasteiger partial charge in [0, 0.05) is 24.5 Å². The molecule has 1 unspecified atom stereocenters. The van der Waals surface area contributed by atoms with E-state index in [1.54, 1.807) is 0 Å². The van der Waals surface area contributed by atoms with Crippen molar-refractivity contribution >= 4 is 22.8 Å². The first-order chi connectivity index (χ1) is 17.8. The summed E-state index contributed by atoms with van der Waals surface area (Å²) >= 11 is 0. The fourth-order valence-corrected chi connectivity index (χ4v) is 5.24. The van der Waals surface area contributed by atoms with E-state index in [0.29, 0.717) is 0 Å². The van der Waals surface area contributed by atoms with E-state index in [2.05, 4.69) is 80.5 Å². The maximum absolute atomic E-state index is 6.56. The molecule has 5 heteroatoms. The predicted octanol–water partition coefficient (Wildman–Crippen LogP) is 8.40. The number of hydrogen-bond acceptors (Lipinski definition) is 5. The van der Waals surface area contributed by atoms with Crippen LogP contribution in [-0.2, 0) is 0 Å². The van der Waals surface area contributed by atoms with Crippen LogP contribution in [0.5, 0.6) is 0 Å². The third-order valence-corrected chi connectivity index (χ3v) is 7.23. The van der Waals surface area contributed by atoms with Crippen molar-refractivity contribution in [3.8, 4) is 0 Å². The minimum atomic E-state index is -0.168. The first-order valence-corrected chi connectivity index (χ1v) is 15.0. The summed E-state index contributed by atoms with van der Waals surface area (Å²) in [4.78, 5) is 7.43. The highest BCUT2D eigenvalue weighted by Crippen LogP contribution is 2.39. The van der Waals surface area contributed by atoms with Crippen LogP contribution in [0.3, 0.4) is 0 Å². The fraction of sp³-hybridized carbons (Fsp3) is 0.656. The van der Waals surface area contributed by atoms with Gasteiger partial charge in [0.2, 0.25) is 0 Å². The molecule has 2 aliphatic rings. The number of aliphatic imine (C=N–C) groups is 1. The lowest BCUT2D eigenvalue weighted by molar-refractivity contribution is 0.582. The number of nitrogens with zero attached hydrogens (tertiary/aromatic N) is 2. The van der Waals surface area contributed by atoms with Crippen molar-refractivity contribution in [2.24, 2.45) is 10.7 Å². The van der Waals surface area contributed by atoms with Gasteiger partial charge in [-0.1, -0.05) is 78.1 Å². The van der Waals surface area contributed by atoms with Gasteiger partial charge in [0.05, 0.1) is 34.4 Å². The second-order valence-corrected chi connectivity index (χ2v) is 11.8. The number of rotatable bonds is 15. The molecular weight excluding hydrogens is 454 g/mol. The van der Waals surface area contributed by atoms with Gasteiger partial charge in [-0.15, -0.1) is 0 Å². The molecule has 1 aromatic rings. The van der Waals surface area contributed by atoms with Crippen LogP contribution in [0.15, 0.2) is 46.7 Å². The number of allylic oxidation sites excluding steroid dienone is 1. The number of nitrogens with one attached hydrogen (secondary N) is 2. The second kappa shape index (κ2) is 14.5. The molecule has 4 N–H and O–H groups in total. The third-order valence-electron chi connectivity index (χ3n) is 7.23. The Morgan fingerprint density at radius 2 is 1.57 bits per heavy atom. The zero-order chi connectivity index (χ0) is 26.7. The fourth-order valence-electron chi connectivity index (χ4n) is 5.24. The normalized spacial score (nSPS) is 18.1. The van der Waals surface area contributed by atoms with Gasteiger partial charge in [-0.2, -0.15) is 0 Å². The average Bonchev–Trinajstić information content (AvgIpc) is 2.85. The second-order valence-electron chi connectivity index (χ2n) is 11.8. The molecule has 0 fully saturated rings. The molecule has 1 heterocycles. The molecule has 1 aliphatic carbocycles. The lowest BCUT2D eigenvalue weighted by Crippen LogP contribution is -2.44. The zero-order valence-corrected chi connectivity index (χ0v) is 24.3. The van der Waals surface area contributed by atoms with Gasteiger partial charge in [-0.3, -0.25) is 4.99 Å². The summed E-state index contributed by atoms with van der Waals surface area (Å²) in [5.41, 5.74) is 12.9. The number of nitrogens with two attached hydrogens (primary N) is 1. The van der Waals surface area contributed by atoms with E-state index >= 15 is 0 Å². The van der Waals surface area contributed by atoms with Crippen LogP contribution in [0.2, 0.25) is 0 Å². The summed E-state index contributed by atoms with van der Waals surface area (Å²) in [7, 11) is 0. The van der Waals surface area contributed by atoms with Crippen molar-refractivity contribution in [2.45, 2.75) is 123 Å². The molecule has 0 radical (unpaired) electrons. The highest BCUT2D eigenvalue weighted by Gasteiger charge is 2.32. The number of unbranched alkanes of at least 4 members (excludes halogenated alkanes) is 10. The average molecular weight is 508 g/mol. The SMILES string of the molecule is CCCCCCCCNc1ccc2c(c1)N(CCCCCCCC)C1C=C(N)C(=NC(C)(C)C)C=C1N2. The molecule has 1 aromatic carbocycles. The molecule has 1 atom stereocenters. The van der Waals surface area contributed by atoms with Crippen molar-refractivity contribution < 1.29 is 0 Å². The van der Waals surface area contributed by atoms with Crippen LogP contribution in [0.1, 0.15) is 112 Å². The van der Waals surface area contributed by atoms with E-state index in [1.807, 2.05) is 0 Å². The Hall–Kier alpha value is -2.43. The molecule has 1 aliphatic heterocycles. The lowest BCUT2D eigenvalue weighted by atomic mass is 9.95. The quantitative estimate of drug-likeness (QED) is 0.209. The predicted molar refractivity (Wildman–Crippen MR) is 164 cm³/mol. The monoisotopic (exact) mass is 507 g/mol. The number of fused-ring (bicyclic) bond motifs is 2. The molecule has 0 spiro atoms. The van der Waals surface area contributed by atoms with Crippen LogP contribution in [-0.4, -0.2) is 30.4 Å². The summed E-state index contributed by atoms with van der Waals surface area (Å²) in [5, 5.41) is 7.40. The molecule has 5 nitrogen and oxygen atoms in total. The lowest BCUT2D eigenvalue weighted by Gasteiger charge is -2.42. The number of hydrogen-bond donors (Lipinski definition) is 3. The Morgan fingerprint density at radius 1 is 0.919 bits per heavy atom. The standard InChI is InChI=1S/C32H53N5/c1-6-8-10-12-14-16-20-34-25-18-19-27-30(22-25)37(21-17-15-13-11-9-7-2)31-23-26(33)28(24-29(31)35-27)36-32(3,4)5/h18-19,22-24,31,34-35H,6-17,20-21,33H2,1-5H3. The Labute approximate surface area is 227 Å². The van der Waals surface area contributed by atoms with E-state index in [4.69, 9.17) is 10.7 Å². The van der Waals surface area contributed by atoms with E-state index in [9.17, 15) is 0 Å². The van der Waals surface area contributed by atoms with Gasteiger partial charge in [0.1, 0.15) is 0 Å². The molecule has 0 aromatic heterocycles. The number of benzene rings is 1. The molecule has 0 bridgehead atoms. The summed E-state index contributed by atoms with van der Waals surface area (Å²) < 4.78 is 0. The molecular formula is C32H53N5. The summed E-state index contributed by atoms with van der Waals surface area (Å²) in [5.74, 6) is 0. The van der Waals surface area contributed by atoms with Gasteiger partial charge in [0.15, 0.2) is 0 Å². The maximum atomic E-state index is 6.56. The molecule has 206 valence electrons.